The minimum atomic E-state index is -0.539. The maximum atomic E-state index is 12.5. The summed E-state index contributed by atoms with van der Waals surface area (Å²) in [7, 11) is 1.51. The Balaban J connectivity index is 2.65. The van der Waals surface area contributed by atoms with Crippen LogP contribution in [0.25, 0.3) is 0 Å². The monoisotopic (exact) mass is 290 g/mol. The molecule has 3 N–H and O–H groups in total. The van der Waals surface area contributed by atoms with Crippen LogP contribution in [0.5, 0.6) is 5.75 Å². The summed E-state index contributed by atoms with van der Waals surface area (Å²) >= 11 is 0. The standard InChI is InChI=1S/C16H22N2O3/c1-9(2)14(19)11-4-5-12(16(17)20)15(21-3)13(11)10-6-7-18-8-10/h4-5,9-10,18H,6-8H2,1-3H3,(H2,17,20). The average Bonchev–Trinajstić information content (AvgIpc) is 2.98. The van der Waals surface area contributed by atoms with Gasteiger partial charge in [-0.1, -0.05) is 19.9 Å². The van der Waals surface area contributed by atoms with E-state index in [1.54, 1.807) is 12.1 Å². The van der Waals surface area contributed by atoms with E-state index in [2.05, 4.69) is 5.32 Å². The van der Waals surface area contributed by atoms with E-state index in [0.717, 1.165) is 25.1 Å². The molecule has 0 saturated carbocycles. The van der Waals surface area contributed by atoms with E-state index in [9.17, 15) is 9.59 Å². The van der Waals surface area contributed by atoms with Gasteiger partial charge in [0, 0.05) is 29.5 Å². The van der Waals surface area contributed by atoms with Crippen molar-refractivity contribution in [1.29, 1.82) is 0 Å². The van der Waals surface area contributed by atoms with Crippen molar-refractivity contribution in [3.05, 3.63) is 28.8 Å². The number of nitrogens with two attached hydrogens (primary N) is 1. The molecule has 114 valence electrons. The third kappa shape index (κ3) is 2.93. The average molecular weight is 290 g/mol. The maximum absolute atomic E-state index is 12.5. The Hall–Kier alpha value is -1.88. The molecule has 1 heterocycles. The molecule has 1 aromatic rings. The molecule has 0 aromatic heterocycles. The third-order valence-corrected chi connectivity index (χ3v) is 3.92. The van der Waals surface area contributed by atoms with Crippen LogP contribution in [0, 0.1) is 5.92 Å². The van der Waals surface area contributed by atoms with E-state index < -0.39 is 5.91 Å². The number of benzene rings is 1. The number of hydrogen-bond acceptors (Lipinski definition) is 4. The van der Waals surface area contributed by atoms with E-state index in [1.807, 2.05) is 13.8 Å². The van der Waals surface area contributed by atoms with Crippen LogP contribution in [-0.4, -0.2) is 31.9 Å². The lowest BCUT2D eigenvalue weighted by molar-refractivity contribution is 0.0935. The van der Waals surface area contributed by atoms with Crippen molar-refractivity contribution in [1.82, 2.24) is 5.32 Å². The van der Waals surface area contributed by atoms with Crippen LogP contribution < -0.4 is 15.8 Å². The van der Waals surface area contributed by atoms with E-state index in [-0.39, 0.29) is 17.6 Å². The van der Waals surface area contributed by atoms with E-state index in [1.165, 1.54) is 7.11 Å². The lowest BCUT2D eigenvalue weighted by Gasteiger charge is -2.21. The van der Waals surface area contributed by atoms with Gasteiger partial charge in [0.15, 0.2) is 5.78 Å². The molecule has 0 spiro atoms. The summed E-state index contributed by atoms with van der Waals surface area (Å²) in [5.41, 5.74) is 7.21. The largest absolute Gasteiger partial charge is 0.496 e. The Morgan fingerprint density at radius 2 is 2.00 bits per heavy atom. The first-order valence-corrected chi connectivity index (χ1v) is 7.23. The zero-order valence-corrected chi connectivity index (χ0v) is 12.7. The molecule has 1 amide bonds. The number of carbonyl (C=O) groups excluding carboxylic acids is 2. The minimum absolute atomic E-state index is 0.0613. The van der Waals surface area contributed by atoms with E-state index in [4.69, 9.17) is 10.5 Å². The van der Waals surface area contributed by atoms with Crippen molar-refractivity contribution in [2.75, 3.05) is 20.2 Å². The van der Waals surface area contributed by atoms with Crippen LogP contribution in [0.2, 0.25) is 0 Å². The van der Waals surface area contributed by atoms with Crippen LogP contribution in [0.1, 0.15) is 52.5 Å². The molecule has 5 nitrogen and oxygen atoms in total. The van der Waals surface area contributed by atoms with Gasteiger partial charge in [-0.15, -0.1) is 0 Å². The Labute approximate surface area is 124 Å². The van der Waals surface area contributed by atoms with Crippen molar-refractivity contribution in [2.45, 2.75) is 26.2 Å². The topological polar surface area (TPSA) is 81.4 Å². The summed E-state index contributed by atoms with van der Waals surface area (Å²) in [6.07, 6.45) is 0.914. The van der Waals surface area contributed by atoms with E-state index in [0.29, 0.717) is 16.9 Å². The number of methoxy groups -OCH3 is 1. The van der Waals surface area contributed by atoms with Crippen LogP contribution in [0.15, 0.2) is 12.1 Å². The number of hydrogen-bond donors (Lipinski definition) is 2. The molecule has 0 bridgehead atoms. The zero-order chi connectivity index (χ0) is 15.6. The summed E-state index contributed by atoms with van der Waals surface area (Å²) in [5, 5.41) is 3.28. The molecule has 0 radical (unpaired) electrons. The molecule has 1 aliphatic heterocycles. The second-order valence-electron chi connectivity index (χ2n) is 5.68. The van der Waals surface area contributed by atoms with Gasteiger partial charge in [-0.25, -0.2) is 0 Å². The fourth-order valence-electron chi connectivity index (χ4n) is 2.85. The van der Waals surface area contributed by atoms with E-state index >= 15 is 0 Å². The number of primary amides is 1. The molecule has 1 fully saturated rings. The molecule has 1 atom stereocenters. The Morgan fingerprint density at radius 1 is 1.33 bits per heavy atom. The first-order valence-electron chi connectivity index (χ1n) is 7.23. The molecular formula is C16H22N2O3. The second kappa shape index (κ2) is 6.26. The molecule has 1 unspecified atom stereocenters. The first kappa shape index (κ1) is 15.5. The molecule has 0 aliphatic carbocycles. The molecule has 1 saturated heterocycles. The van der Waals surface area contributed by atoms with Gasteiger partial charge in [0.05, 0.1) is 12.7 Å². The fraction of sp³-hybridized carbons (Fsp3) is 0.500. The number of carbonyl (C=O) groups is 2. The van der Waals surface area contributed by atoms with Gasteiger partial charge in [-0.3, -0.25) is 9.59 Å². The maximum Gasteiger partial charge on any atom is 0.252 e. The summed E-state index contributed by atoms with van der Waals surface area (Å²) in [6.45, 7) is 5.40. The number of nitrogens with one attached hydrogen (secondary N) is 1. The van der Waals surface area contributed by atoms with Crippen LogP contribution in [-0.2, 0) is 0 Å². The van der Waals surface area contributed by atoms with Gasteiger partial charge in [0.2, 0.25) is 0 Å². The first-order chi connectivity index (χ1) is 9.97. The van der Waals surface area contributed by atoms with Gasteiger partial charge >= 0.3 is 0 Å². The number of Topliss-reactive ketones (excluding diaryl/α,β-unsaturated/α-hetero) is 1. The molecular weight excluding hydrogens is 268 g/mol. The minimum Gasteiger partial charge on any atom is -0.496 e. The highest BCUT2D eigenvalue weighted by atomic mass is 16.5. The number of ketones is 1. The van der Waals surface area contributed by atoms with Crippen LogP contribution in [0.3, 0.4) is 0 Å². The normalized spacial score (nSPS) is 18.0. The zero-order valence-electron chi connectivity index (χ0n) is 12.7. The second-order valence-corrected chi connectivity index (χ2v) is 5.68. The molecule has 2 rings (SSSR count). The van der Waals surface area contributed by atoms with Gasteiger partial charge < -0.3 is 15.8 Å². The fourth-order valence-corrected chi connectivity index (χ4v) is 2.85. The molecule has 5 heteroatoms. The number of ether oxygens (including phenoxy) is 1. The Kier molecular flexibility index (Phi) is 4.63. The quantitative estimate of drug-likeness (QED) is 0.809. The SMILES string of the molecule is COc1c(C(N)=O)ccc(C(=O)C(C)C)c1C1CCNC1. The summed E-state index contributed by atoms with van der Waals surface area (Å²) < 4.78 is 5.44. The van der Waals surface area contributed by atoms with Gasteiger partial charge in [0.1, 0.15) is 5.75 Å². The highest BCUT2D eigenvalue weighted by Crippen LogP contribution is 2.37. The van der Waals surface area contributed by atoms with Crippen LogP contribution >= 0.6 is 0 Å². The highest BCUT2D eigenvalue weighted by molar-refractivity contribution is 6.03. The molecule has 1 aliphatic rings. The smallest absolute Gasteiger partial charge is 0.252 e. The molecule has 1 aromatic carbocycles. The third-order valence-electron chi connectivity index (χ3n) is 3.92. The summed E-state index contributed by atoms with van der Waals surface area (Å²) in [6, 6.07) is 3.29. The predicted octanol–water partition coefficient (Wildman–Crippen LogP) is 1.71. The summed E-state index contributed by atoms with van der Waals surface area (Å²) in [5.74, 6) is 0.0238. The number of rotatable bonds is 5. The highest BCUT2D eigenvalue weighted by Gasteiger charge is 2.29. The predicted molar refractivity (Wildman–Crippen MR) is 80.9 cm³/mol. The summed E-state index contributed by atoms with van der Waals surface area (Å²) in [4.78, 5) is 24.1. The lowest BCUT2D eigenvalue weighted by Crippen LogP contribution is -2.19. The molecule has 21 heavy (non-hydrogen) atoms. The number of amides is 1. The van der Waals surface area contributed by atoms with Gasteiger partial charge in [-0.2, -0.15) is 0 Å². The Morgan fingerprint density at radius 3 is 2.48 bits per heavy atom. The Bertz CT molecular complexity index is 561. The van der Waals surface area contributed by atoms with Crippen molar-refractivity contribution >= 4 is 11.7 Å². The van der Waals surface area contributed by atoms with Crippen molar-refractivity contribution in [3.63, 3.8) is 0 Å². The van der Waals surface area contributed by atoms with Gasteiger partial charge in [-0.05, 0) is 19.0 Å². The van der Waals surface area contributed by atoms with Crippen molar-refractivity contribution in [3.8, 4) is 5.75 Å². The van der Waals surface area contributed by atoms with Crippen molar-refractivity contribution < 1.29 is 14.3 Å². The van der Waals surface area contributed by atoms with Crippen molar-refractivity contribution in [2.24, 2.45) is 11.7 Å². The van der Waals surface area contributed by atoms with Crippen LogP contribution in [0.4, 0.5) is 0 Å². The lowest BCUT2D eigenvalue weighted by atomic mass is 9.86. The van der Waals surface area contributed by atoms with Gasteiger partial charge in [0.25, 0.3) is 5.91 Å².